The van der Waals surface area contributed by atoms with Crippen LogP contribution in [0.1, 0.15) is 21.7 Å². The van der Waals surface area contributed by atoms with Gasteiger partial charge in [-0.3, -0.25) is 0 Å². The highest BCUT2D eigenvalue weighted by atomic mass is 79.9. The lowest BCUT2D eigenvalue weighted by Crippen LogP contribution is -2.10. The van der Waals surface area contributed by atoms with Crippen molar-refractivity contribution < 1.29 is 18.7 Å². The van der Waals surface area contributed by atoms with E-state index in [0.29, 0.717) is 41.0 Å². The van der Waals surface area contributed by atoms with Crippen molar-refractivity contribution in [1.29, 1.82) is 0 Å². The van der Waals surface area contributed by atoms with E-state index in [-0.39, 0.29) is 5.82 Å². The number of fused-ring (bicyclic) bond motifs is 1. The fourth-order valence-corrected chi connectivity index (χ4v) is 3.15. The summed E-state index contributed by atoms with van der Waals surface area (Å²) >= 11 is 3.27. The molecular weight excluding hydrogens is 403 g/mol. The maximum atomic E-state index is 14.2. The summed E-state index contributed by atoms with van der Waals surface area (Å²) in [5.41, 5.74) is 2.52. The van der Waals surface area contributed by atoms with Crippen LogP contribution in [0.2, 0.25) is 0 Å². The van der Waals surface area contributed by atoms with E-state index < -0.39 is 5.97 Å². The van der Waals surface area contributed by atoms with Crippen molar-refractivity contribution in [3.05, 3.63) is 63.6 Å². The van der Waals surface area contributed by atoms with Gasteiger partial charge in [0.15, 0.2) is 0 Å². The molecule has 0 radical (unpaired) electrons. The van der Waals surface area contributed by atoms with Crippen molar-refractivity contribution in [2.24, 2.45) is 0 Å². The Hall–Kier alpha value is -2.25. The van der Waals surface area contributed by atoms with Crippen LogP contribution in [0.3, 0.4) is 0 Å². The molecule has 0 saturated heterocycles. The number of hydrogen-bond acceptors (Lipinski definition) is 4. The van der Waals surface area contributed by atoms with Gasteiger partial charge >= 0.3 is 5.97 Å². The first-order valence-electron chi connectivity index (χ1n) is 8.04. The van der Waals surface area contributed by atoms with Crippen LogP contribution in [0.15, 0.2) is 40.9 Å². The molecule has 0 aliphatic carbocycles. The Morgan fingerprint density at radius 1 is 1.23 bits per heavy atom. The van der Waals surface area contributed by atoms with Crippen molar-refractivity contribution in [3.8, 4) is 0 Å². The van der Waals surface area contributed by atoms with Crippen molar-refractivity contribution in [1.82, 2.24) is 9.55 Å². The van der Waals surface area contributed by atoms with E-state index in [0.717, 1.165) is 11.0 Å². The predicted octanol–water partition coefficient (Wildman–Crippen LogP) is 3.96. The monoisotopic (exact) mass is 420 g/mol. The van der Waals surface area contributed by atoms with Gasteiger partial charge in [-0.05, 0) is 35.9 Å². The SMILES string of the molecule is COCCn1c(Cc2ccc(Br)cc2F)nc2ccc(C(=O)OC)cc21. The van der Waals surface area contributed by atoms with E-state index in [9.17, 15) is 9.18 Å². The number of halogens is 2. The molecule has 3 rings (SSSR count). The highest BCUT2D eigenvalue weighted by Gasteiger charge is 2.16. The summed E-state index contributed by atoms with van der Waals surface area (Å²) in [6.07, 6.45) is 0.338. The summed E-state index contributed by atoms with van der Waals surface area (Å²) in [5, 5.41) is 0. The molecule has 3 aromatic rings. The zero-order chi connectivity index (χ0) is 18.7. The molecule has 0 amide bonds. The molecule has 0 atom stereocenters. The van der Waals surface area contributed by atoms with Crippen LogP contribution in [-0.4, -0.2) is 36.3 Å². The largest absolute Gasteiger partial charge is 0.465 e. The molecule has 0 N–H and O–H groups in total. The predicted molar refractivity (Wildman–Crippen MR) is 99.9 cm³/mol. The van der Waals surface area contributed by atoms with Gasteiger partial charge in [0.25, 0.3) is 0 Å². The Morgan fingerprint density at radius 2 is 2.04 bits per heavy atom. The summed E-state index contributed by atoms with van der Waals surface area (Å²) in [4.78, 5) is 16.5. The molecule has 0 unspecified atom stereocenters. The van der Waals surface area contributed by atoms with E-state index in [1.165, 1.54) is 13.2 Å². The number of rotatable bonds is 6. The van der Waals surface area contributed by atoms with Crippen molar-refractivity contribution in [2.45, 2.75) is 13.0 Å². The minimum atomic E-state index is -0.410. The normalized spacial score (nSPS) is 11.1. The highest BCUT2D eigenvalue weighted by Crippen LogP contribution is 2.23. The first-order valence-corrected chi connectivity index (χ1v) is 8.83. The van der Waals surface area contributed by atoms with Crippen LogP contribution in [0.4, 0.5) is 4.39 Å². The third-order valence-electron chi connectivity index (χ3n) is 4.13. The Morgan fingerprint density at radius 3 is 2.73 bits per heavy atom. The molecule has 0 aliphatic heterocycles. The Labute approximate surface area is 158 Å². The first-order chi connectivity index (χ1) is 12.5. The molecule has 136 valence electrons. The van der Waals surface area contributed by atoms with Gasteiger partial charge in [0.2, 0.25) is 0 Å². The maximum Gasteiger partial charge on any atom is 0.337 e. The van der Waals surface area contributed by atoms with Gasteiger partial charge in [0.05, 0.1) is 30.3 Å². The number of methoxy groups -OCH3 is 2. The van der Waals surface area contributed by atoms with E-state index in [1.54, 1.807) is 37.4 Å². The lowest BCUT2D eigenvalue weighted by atomic mass is 10.1. The van der Waals surface area contributed by atoms with Gasteiger partial charge in [-0.15, -0.1) is 0 Å². The highest BCUT2D eigenvalue weighted by molar-refractivity contribution is 9.10. The molecular formula is C19H18BrFN2O3. The van der Waals surface area contributed by atoms with Gasteiger partial charge in [0.1, 0.15) is 11.6 Å². The lowest BCUT2D eigenvalue weighted by molar-refractivity contribution is 0.0601. The zero-order valence-corrected chi connectivity index (χ0v) is 16.0. The van der Waals surface area contributed by atoms with Crippen LogP contribution >= 0.6 is 15.9 Å². The minimum Gasteiger partial charge on any atom is -0.465 e. The quantitative estimate of drug-likeness (QED) is 0.566. The molecule has 0 fully saturated rings. The molecule has 2 aromatic carbocycles. The van der Waals surface area contributed by atoms with Gasteiger partial charge in [-0.1, -0.05) is 22.0 Å². The fourth-order valence-electron chi connectivity index (χ4n) is 2.82. The maximum absolute atomic E-state index is 14.2. The molecule has 0 spiro atoms. The molecule has 26 heavy (non-hydrogen) atoms. The van der Waals surface area contributed by atoms with Gasteiger partial charge < -0.3 is 14.0 Å². The van der Waals surface area contributed by atoms with E-state index in [2.05, 4.69) is 20.9 Å². The average Bonchev–Trinajstić information content (AvgIpc) is 2.97. The van der Waals surface area contributed by atoms with Gasteiger partial charge in [-0.2, -0.15) is 0 Å². The standard InChI is InChI=1S/C19H18BrFN2O3/c1-25-8-7-23-17-9-13(19(24)26-2)4-6-16(17)22-18(23)10-12-3-5-14(20)11-15(12)21/h3-6,9,11H,7-8,10H2,1-2H3. The number of aromatic nitrogens is 2. The molecule has 1 aromatic heterocycles. The minimum absolute atomic E-state index is 0.292. The molecule has 1 heterocycles. The number of ether oxygens (including phenoxy) is 2. The molecule has 0 bridgehead atoms. The number of esters is 1. The van der Waals surface area contributed by atoms with Crippen molar-refractivity contribution in [2.75, 3.05) is 20.8 Å². The fraction of sp³-hybridized carbons (Fsp3) is 0.263. The van der Waals surface area contributed by atoms with Crippen molar-refractivity contribution in [3.63, 3.8) is 0 Å². The number of carbonyl (C=O) groups excluding carboxylic acids is 1. The topological polar surface area (TPSA) is 53.4 Å². The van der Waals surface area contributed by atoms with E-state index in [1.807, 2.05) is 4.57 Å². The Bertz CT molecular complexity index is 955. The second-order valence-corrected chi connectivity index (χ2v) is 6.70. The summed E-state index contributed by atoms with van der Waals surface area (Å²) in [5.74, 6) is 0.00663. The Kier molecular flexibility index (Phi) is 5.68. The number of nitrogens with zero attached hydrogens (tertiary/aromatic N) is 2. The van der Waals surface area contributed by atoms with E-state index >= 15 is 0 Å². The number of imidazole rings is 1. The second-order valence-electron chi connectivity index (χ2n) is 5.78. The smallest absolute Gasteiger partial charge is 0.337 e. The average molecular weight is 421 g/mol. The summed E-state index contributed by atoms with van der Waals surface area (Å²) in [6.45, 7) is 1.02. The summed E-state index contributed by atoms with van der Waals surface area (Å²) in [6, 6.07) is 10.2. The zero-order valence-electron chi connectivity index (χ0n) is 14.5. The van der Waals surface area contributed by atoms with Crippen LogP contribution in [0.25, 0.3) is 11.0 Å². The van der Waals surface area contributed by atoms with E-state index in [4.69, 9.17) is 9.47 Å². The van der Waals surface area contributed by atoms with Crippen LogP contribution in [0.5, 0.6) is 0 Å². The molecule has 5 nitrogen and oxygen atoms in total. The van der Waals surface area contributed by atoms with Gasteiger partial charge in [0, 0.05) is 24.5 Å². The van der Waals surface area contributed by atoms with Crippen LogP contribution in [0, 0.1) is 5.82 Å². The van der Waals surface area contributed by atoms with Crippen LogP contribution < -0.4 is 0 Å². The summed E-state index contributed by atoms with van der Waals surface area (Å²) in [7, 11) is 2.96. The number of benzene rings is 2. The number of hydrogen-bond donors (Lipinski definition) is 0. The van der Waals surface area contributed by atoms with Gasteiger partial charge in [-0.25, -0.2) is 14.2 Å². The first kappa shape index (κ1) is 18.5. The molecule has 0 aliphatic rings. The summed E-state index contributed by atoms with van der Waals surface area (Å²) < 4.78 is 26.9. The second kappa shape index (κ2) is 7.97. The molecule has 7 heteroatoms. The van der Waals surface area contributed by atoms with Crippen molar-refractivity contribution >= 4 is 32.9 Å². The lowest BCUT2D eigenvalue weighted by Gasteiger charge is -2.10. The third-order valence-corrected chi connectivity index (χ3v) is 4.62. The third kappa shape index (κ3) is 3.78. The van der Waals surface area contributed by atoms with Crippen LogP contribution in [-0.2, 0) is 22.4 Å². The Balaban J connectivity index is 2.06. The molecule has 0 saturated carbocycles. The number of carbonyl (C=O) groups is 1.